The number of benzene rings is 2. The predicted molar refractivity (Wildman–Crippen MR) is 152 cm³/mol. The first-order chi connectivity index (χ1) is 18.3. The topological polar surface area (TPSA) is 43.9 Å². The van der Waals surface area contributed by atoms with Crippen molar-refractivity contribution in [3.63, 3.8) is 0 Å². The summed E-state index contributed by atoms with van der Waals surface area (Å²) in [5.74, 6) is -0.758. The second kappa shape index (κ2) is 13.6. The molecule has 1 aliphatic rings. The van der Waals surface area contributed by atoms with Gasteiger partial charge >= 0.3 is 0 Å². The molecule has 1 aliphatic heterocycles. The number of aryl methyl sites for hydroxylation is 1. The van der Waals surface area contributed by atoms with Crippen molar-refractivity contribution in [2.75, 3.05) is 32.7 Å². The van der Waals surface area contributed by atoms with E-state index in [1.165, 1.54) is 18.6 Å². The summed E-state index contributed by atoms with van der Waals surface area (Å²) in [5, 5.41) is 0.668. The SMILES string of the molecule is Cc1ccc(CN(Cc2ccc(F)cc2)C(=O)CN(CCN2CCCCC2)C(=O)c2ccc(Cl)c(Cl)c2)s1. The monoisotopic (exact) mass is 575 g/mol. The largest absolute Gasteiger partial charge is 0.332 e. The number of thiophene rings is 1. The van der Waals surface area contributed by atoms with Crippen LogP contribution in [0.2, 0.25) is 10.0 Å². The minimum atomic E-state index is -0.323. The molecule has 0 radical (unpaired) electrons. The van der Waals surface area contributed by atoms with Crippen molar-refractivity contribution in [1.29, 1.82) is 0 Å². The number of piperidine rings is 1. The maximum absolute atomic E-state index is 13.7. The van der Waals surface area contributed by atoms with Gasteiger partial charge < -0.3 is 14.7 Å². The second-order valence-electron chi connectivity index (χ2n) is 9.65. The Morgan fingerprint density at radius 3 is 2.32 bits per heavy atom. The van der Waals surface area contributed by atoms with Crippen LogP contribution < -0.4 is 0 Å². The van der Waals surface area contributed by atoms with E-state index < -0.39 is 0 Å². The van der Waals surface area contributed by atoms with Gasteiger partial charge in [0, 0.05) is 35.0 Å². The Balaban J connectivity index is 1.55. The lowest BCUT2D eigenvalue weighted by atomic mass is 10.1. The van der Waals surface area contributed by atoms with Gasteiger partial charge in [-0.1, -0.05) is 41.8 Å². The maximum atomic E-state index is 13.7. The lowest BCUT2D eigenvalue weighted by molar-refractivity contribution is -0.133. The highest BCUT2D eigenvalue weighted by Crippen LogP contribution is 2.24. The third-order valence-corrected chi connectivity index (χ3v) is 8.42. The quantitative estimate of drug-likeness (QED) is 0.271. The second-order valence-corrected chi connectivity index (χ2v) is 11.8. The molecule has 2 heterocycles. The summed E-state index contributed by atoms with van der Waals surface area (Å²) in [7, 11) is 0. The van der Waals surface area contributed by atoms with Crippen LogP contribution >= 0.6 is 34.5 Å². The highest BCUT2D eigenvalue weighted by molar-refractivity contribution is 7.11. The molecule has 0 N–H and O–H groups in total. The molecule has 0 bridgehead atoms. The molecule has 5 nitrogen and oxygen atoms in total. The molecule has 2 amide bonds. The molecule has 0 atom stereocenters. The number of amides is 2. The number of halogens is 3. The molecular formula is C29H32Cl2FN3O2S. The number of carbonyl (C=O) groups excluding carboxylic acids is 2. The zero-order chi connectivity index (χ0) is 27.1. The number of nitrogens with zero attached hydrogens (tertiary/aromatic N) is 3. The van der Waals surface area contributed by atoms with Gasteiger partial charge in [-0.3, -0.25) is 9.59 Å². The van der Waals surface area contributed by atoms with E-state index in [0.717, 1.165) is 41.2 Å². The zero-order valence-electron chi connectivity index (χ0n) is 21.5. The molecule has 0 spiro atoms. The van der Waals surface area contributed by atoms with Gasteiger partial charge in [-0.05, 0) is 80.9 Å². The molecule has 1 saturated heterocycles. The first-order valence-corrected chi connectivity index (χ1v) is 14.4. The van der Waals surface area contributed by atoms with Crippen molar-refractivity contribution in [2.45, 2.75) is 39.3 Å². The first-order valence-electron chi connectivity index (χ1n) is 12.8. The predicted octanol–water partition coefficient (Wildman–Crippen LogP) is 6.66. The van der Waals surface area contributed by atoms with Crippen molar-refractivity contribution >= 4 is 46.4 Å². The molecule has 2 aromatic carbocycles. The maximum Gasteiger partial charge on any atom is 0.254 e. The number of likely N-dealkylation sites (tertiary alicyclic amines) is 1. The van der Waals surface area contributed by atoms with Gasteiger partial charge in [0.2, 0.25) is 5.91 Å². The standard InChI is InChI=1S/C29H32Cl2FN3O2S/c1-21-5-11-25(38-21)19-35(18-22-6-9-24(32)10-7-22)28(36)20-34(16-15-33-13-3-2-4-14-33)29(37)23-8-12-26(30)27(31)17-23/h5-12,17H,2-4,13-16,18-20H2,1H3. The van der Waals surface area contributed by atoms with E-state index in [9.17, 15) is 14.0 Å². The van der Waals surface area contributed by atoms with Crippen LogP contribution in [0.25, 0.3) is 0 Å². The minimum absolute atomic E-state index is 0.0710. The fraction of sp³-hybridized carbons (Fsp3) is 0.379. The average molecular weight is 577 g/mol. The van der Waals surface area contributed by atoms with Gasteiger partial charge in [0.05, 0.1) is 16.6 Å². The molecule has 202 valence electrons. The highest BCUT2D eigenvalue weighted by Gasteiger charge is 2.24. The Morgan fingerprint density at radius 1 is 0.921 bits per heavy atom. The van der Waals surface area contributed by atoms with Gasteiger partial charge in [0.15, 0.2) is 0 Å². The highest BCUT2D eigenvalue weighted by atomic mass is 35.5. The van der Waals surface area contributed by atoms with Gasteiger partial charge in [-0.2, -0.15) is 0 Å². The van der Waals surface area contributed by atoms with Crippen LogP contribution in [0.4, 0.5) is 4.39 Å². The van der Waals surface area contributed by atoms with Crippen LogP contribution in [0.1, 0.15) is 44.9 Å². The van der Waals surface area contributed by atoms with Gasteiger partial charge in [-0.25, -0.2) is 4.39 Å². The summed E-state index contributed by atoms with van der Waals surface area (Å²) < 4.78 is 13.5. The van der Waals surface area contributed by atoms with Crippen LogP contribution in [0.3, 0.4) is 0 Å². The smallest absolute Gasteiger partial charge is 0.254 e. The molecule has 1 fully saturated rings. The van der Waals surface area contributed by atoms with E-state index in [2.05, 4.69) is 4.90 Å². The molecule has 1 aromatic heterocycles. The normalized spacial score (nSPS) is 13.9. The zero-order valence-corrected chi connectivity index (χ0v) is 23.8. The van der Waals surface area contributed by atoms with Gasteiger partial charge in [0.25, 0.3) is 5.91 Å². The third kappa shape index (κ3) is 8.03. The summed E-state index contributed by atoms with van der Waals surface area (Å²) >= 11 is 13.9. The van der Waals surface area contributed by atoms with Gasteiger partial charge in [0.1, 0.15) is 12.4 Å². The summed E-state index contributed by atoms with van der Waals surface area (Å²) in [4.78, 5) is 35.2. The molecule has 38 heavy (non-hydrogen) atoms. The van der Waals surface area contributed by atoms with E-state index >= 15 is 0 Å². The average Bonchev–Trinajstić information content (AvgIpc) is 3.33. The van der Waals surface area contributed by atoms with E-state index in [1.807, 2.05) is 19.1 Å². The Kier molecular flexibility index (Phi) is 10.2. The van der Waals surface area contributed by atoms with E-state index in [4.69, 9.17) is 23.2 Å². The summed E-state index contributed by atoms with van der Waals surface area (Å²) in [6.07, 6.45) is 3.51. The molecule has 4 rings (SSSR count). The van der Waals surface area contributed by atoms with E-state index in [0.29, 0.717) is 41.8 Å². The Labute approximate surface area is 237 Å². The first kappa shape index (κ1) is 28.6. The van der Waals surface area contributed by atoms with Crippen molar-refractivity contribution in [3.05, 3.63) is 91.3 Å². The van der Waals surface area contributed by atoms with Gasteiger partial charge in [-0.15, -0.1) is 11.3 Å². The Hall–Kier alpha value is -2.45. The molecule has 3 aromatic rings. The van der Waals surface area contributed by atoms with Crippen LogP contribution in [0.5, 0.6) is 0 Å². The van der Waals surface area contributed by atoms with Crippen LogP contribution in [0.15, 0.2) is 54.6 Å². The molecule has 9 heteroatoms. The Morgan fingerprint density at radius 2 is 1.66 bits per heavy atom. The number of hydrogen-bond acceptors (Lipinski definition) is 4. The lowest BCUT2D eigenvalue weighted by Crippen LogP contribution is -2.46. The lowest BCUT2D eigenvalue weighted by Gasteiger charge is -2.31. The third-order valence-electron chi connectivity index (χ3n) is 6.70. The molecule has 0 aliphatic carbocycles. The Bertz CT molecular complexity index is 1240. The minimum Gasteiger partial charge on any atom is -0.332 e. The molecular weight excluding hydrogens is 544 g/mol. The van der Waals surface area contributed by atoms with Crippen LogP contribution in [-0.4, -0.2) is 59.2 Å². The van der Waals surface area contributed by atoms with Crippen molar-refractivity contribution in [2.24, 2.45) is 0 Å². The van der Waals surface area contributed by atoms with E-state index in [-0.39, 0.29) is 24.2 Å². The van der Waals surface area contributed by atoms with Crippen molar-refractivity contribution in [3.8, 4) is 0 Å². The number of hydrogen-bond donors (Lipinski definition) is 0. The summed E-state index contributed by atoms with van der Waals surface area (Å²) in [6.45, 7) is 5.80. The molecule has 0 saturated carbocycles. The summed E-state index contributed by atoms with van der Waals surface area (Å²) in [6, 6.07) is 15.0. The fourth-order valence-electron chi connectivity index (χ4n) is 4.57. The molecule has 0 unspecified atom stereocenters. The van der Waals surface area contributed by atoms with Crippen molar-refractivity contribution in [1.82, 2.24) is 14.7 Å². The van der Waals surface area contributed by atoms with Crippen LogP contribution in [0, 0.1) is 12.7 Å². The number of carbonyl (C=O) groups is 2. The van der Waals surface area contributed by atoms with Crippen molar-refractivity contribution < 1.29 is 14.0 Å². The fourth-order valence-corrected chi connectivity index (χ4v) is 5.78. The summed E-state index contributed by atoms with van der Waals surface area (Å²) in [5.41, 5.74) is 1.22. The number of rotatable bonds is 10. The van der Waals surface area contributed by atoms with Crippen LogP contribution in [-0.2, 0) is 17.9 Å². The van der Waals surface area contributed by atoms with E-state index in [1.54, 1.807) is 51.5 Å².